The molecule has 1 heterocycles. The first-order chi connectivity index (χ1) is 13.5. The lowest BCUT2D eigenvalue weighted by Crippen LogP contribution is -2.39. The van der Waals surface area contributed by atoms with E-state index in [1.165, 1.54) is 0 Å². The zero-order valence-corrected chi connectivity index (χ0v) is 17.2. The van der Waals surface area contributed by atoms with Gasteiger partial charge in [0, 0.05) is 18.9 Å². The first kappa shape index (κ1) is 21.7. The minimum atomic E-state index is -0.661. The molecule has 0 spiro atoms. The fourth-order valence-corrected chi connectivity index (χ4v) is 2.59. The highest BCUT2D eigenvalue weighted by molar-refractivity contribution is 5.80. The van der Waals surface area contributed by atoms with E-state index < -0.39 is 6.10 Å². The molecule has 1 aromatic heterocycles. The number of aromatic nitrogens is 1. The zero-order chi connectivity index (χ0) is 20.4. The Hall–Kier alpha value is -2.60. The zero-order valence-electron chi connectivity index (χ0n) is 17.2. The molecule has 0 saturated heterocycles. The Kier molecular flexibility index (Phi) is 8.75. The van der Waals surface area contributed by atoms with Crippen LogP contribution in [0.25, 0.3) is 0 Å². The summed E-state index contributed by atoms with van der Waals surface area (Å²) in [5.74, 6) is 2.05. The SMILES string of the molecule is CCNC(=NCC(O)c1ccncc1)NC(C)c1ccc(OCC(C)C)cc1. The van der Waals surface area contributed by atoms with Crippen molar-refractivity contribution in [1.29, 1.82) is 0 Å². The number of aliphatic imine (C=N–C) groups is 1. The Morgan fingerprint density at radius 3 is 2.36 bits per heavy atom. The van der Waals surface area contributed by atoms with E-state index >= 15 is 0 Å². The molecule has 6 heteroatoms. The van der Waals surface area contributed by atoms with Crippen LogP contribution in [0.3, 0.4) is 0 Å². The van der Waals surface area contributed by atoms with Gasteiger partial charge in [0.05, 0.1) is 25.3 Å². The molecule has 2 aromatic rings. The van der Waals surface area contributed by atoms with Crippen molar-refractivity contribution in [3.8, 4) is 5.75 Å². The molecule has 0 amide bonds. The molecule has 152 valence electrons. The number of hydrogen-bond donors (Lipinski definition) is 3. The van der Waals surface area contributed by atoms with Gasteiger partial charge in [-0.2, -0.15) is 0 Å². The molecular formula is C22H32N4O2. The summed E-state index contributed by atoms with van der Waals surface area (Å²) in [6, 6.07) is 11.8. The van der Waals surface area contributed by atoms with Crippen LogP contribution in [0.2, 0.25) is 0 Å². The fraction of sp³-hybridized carbons (Fsp3) is 0.455. The van der Waals surface area contributed by atoms with E-state index in [1.54, 1.807) is 24.5 Å². The first-order valence-electron chi connectivity index (χ1n) is 9.85. The summed E-state index contributed by atoms with van der Waals surface area (Å²) in [7, 11) is 0. The van der Waals surface area contributed by atoms with Crippen LogP contribution in [-0.4, -0.2) is 35.7 Å². The number of ether oxygens (including phenoxy) is 1. The molecule has 0 bridgehead atoms. The highest BCUT2D eigenvalue weighted by Crippen LogP contribution is 2.18. The Morgan fingerprint density at radius 2 is 1.75 bits per heavy atom. The van der Waals surface area contributed by atoms with Gasteiger partial charge in [0.2, 0.25) is 0 Å². The highest BCUT2D eigenvalue weighted by atomic mass is 16.5. The lowest BCUT2D eigenvalue weighted by atomic mass is 10.1. The molecule has 3 N–H and O–H groups in total. The van der Waals surface area contributed by atoms with Crippen LogP contribution in [0.5, 0.6) is 5.75 Å². The molecule has 0 saturated carbocycles. The molecule has 2 atom stereocenters. The van der Waals surface area contributed by atoms with E-state index in [0.29, 0.717) is 18.5 Å². The number of nitrogens with one attached hydrogen (secondary N) is 2. The summed E-state index contributed by atoms with van der Waals surface area (Å²) in [6.07, 6.45) is 2.68. The third-order valence-electron chi connectivity index (χ3n) is 4.17. The van der Waals surface area contributed by atoms with Crippen molar-refractivity contribution in [3.63, 3.8) is 0 Å². The topological polar surface area (TPSA) is 78.8 Å². The van der Waals surface area contributed by atoms with E-state index in [0.717, 1.165) is 23.4 Å². The predicted octanol–water partition coefficient (Wildman–Crippen LogP) is 3.47. The van der Waals surface area contributed by atoms with Gasteiger partial charge in [0.1, 0.15) is 5.75 Å². The van der Waals surface area contributed by atoms with Gasteiger partial charge in [-0.3, -0.25) is 9.98 Å². The number of hydrogen-bond acceptors (Lipinski definition) is 4. The third-order valence-corrected chi connectivity index (χ3v) is 4.17. The second-order valence-corrected chi connectivity index (χ2v) is 7.16. The van der Waals surface area contributed by atoms with E-state index in [9.17, 15) is 5.11 Å². The van der Waals surface area contributed by atoms with Crippen LogP contribution < -0.4 is 15.4 Å². The average molecular weight is 385 g/mol. The average Bonchev–Trinajstić information content (AvgIpc) is 2.71. The van der Waals surface area contributed by atoms with Crippen molar-refractivity contribution in [2.75, 3.05) is 19.7 Å². The van der Waals surface area contributed by atoms with Crippen molar-refractivity contribution >= 4 is 5.96 Å². The van der Waals surface area contributed by atoms with Crippen molar-refractivity contribution < 1.29 is 9.84 Å². The lowest BCUT2D eigenvalue weighted by Gasteiger charge is -2.19. The number of aliphatic hydroxyl groups is 1. The van der Waals surface area contributed by atoms with Gasteiger partial charge in [0.25, 0.3) is 0 Å². The quantitative estimate of drug-likeness (QED) is 0.456. The number of pyridine rings is 1. The second kappa shape index (κ2) is 11.3. The Morgan fingerprint density at radius 1 is 1.07 bits per heavy atom. The van der Waals surface area contributed by atoms with Crippen LogP contribution in [0.1, 0.15) is 51.0 Å². The van der Waals surface area contributed by atoms with Gasteiger partial charge in [-0.25, -0.2) is 0 Å². The van der Waals surface area contributed by atoms with Gasteiger partial charge in [-0.1, -0.05) is 26.0 Å². The molecule has 28 heavy (non-hydrogen) atoms. The van der Waals surface area contributed by atoms with E-state index in [4.69, 9.17) is 4.74 Å². The highest BCUT2D eigenvalue weighted by Gasteiger charge is 2.10. The van der Waals surface area contributed by atoms with Crippen LogP contribution in [-0.2, 0) is 0 Å². The summed E-state index contributed by atoms with van der Waals surface area (Å²) >= 11 is 0. The fourth-order valence-electron chi connectivity index (χ4n) is 2.59. The Balaban J connectivity index is 1.96. The molecule has 0 aliphatic heterocycles. The third kappa shape index (κ3) is 7.19. The lowest BCUT2D eigenvalue weighted by molar-refractivity contribution is 0.187. The molecule has 0 aliphatic carbocycles. The maximum atomic E-state index is 10.3. The van der Waals surface area contributed by atoms with Gasteiger partial charge in [-0.05, 0) is 55.2 Å². The molecule has 0 fully saturated rings. The second-order valence-electron chi connectivity index (χ2n) is 7.16. The van der Waals surface area contributed by atoms with Gasteiger partial charge in [0.15, 0.2) is 5.96 Å². The van der Waals surface area contributed by atoms with Crippen molar-refractivity contribution in [2.24, 2.45) is 10.9 Å². The van der Waals surface area contributed by atoms with E-state index in [2.05, 4.69) is 53.5 Å². The number of nitrogens with zero attached hydrogens (tertiary/aromatic N) is 2. The number of guanidine groups is 1. The first-order valence-corrected chi connectivity index (χ1v) is 9.85. The number of benzene rings is 1. The largest absolute Gasteiger partial charge is 0.493 e. The molecule has 2 unspecified atom stereocenters. The molecule has 0 radical (unpaired) electrons. The molecule has 2 rings (SSSR count). The minimum Gasteiger partial charge on any atom is -0.493 e. The predicted molar refractivity (Wildman–Crippen MR) is 114 cm³/mol. The molecular weight excluding hydrogens is 352 g/mol. The Bertz CT molecular complexity index is 717. The van der Waals surface area contributed by atoms with Crippen LogP contribution in [0.4, 0.5) is 0 Å². The summed E-state index contributed by atoms with van der Waals surface area (Å²) in [6.45, 7) is 10.1. The maximum Gasteiger partial charge on any atom is 0.191 e. The van der Waals surface area contributed by atoms with Crippen LogP contribution in [0, 0.1) is 5.92 Å². The van der Waals surface area contributed by atoms with Crippen LogP contribution in [0.15, 0.2) is 53.8 Å². The van der Waals surface area contributed by atoms with Crippen molar-refractivity contribution in [3.05, 3.63) is 59.9 Å². The summed E-state index contributed by atoms with van der Waals surface area (Å²) in [4.78, 5) is 8.49. The maximum absolute atomic E-state index is 10.3. The Labute approximate surface area is 168 Å². The smallest absolute Gasteiger partial charge is 0.191 e. The summed E-state index contributed by atoms with van der Waals surface area (Å²) in [5.41, 5.74) is 1.94. The van der Waals surface area contributed by atoms with Crippen LogP contribution >= 0.6 is 0 Å². The molecule has 0 aliphatic rings. The normalized spacial score (nSPS) is 13.9. The van der Waals surface area contributed by atoms with E-state index in [1.807, 2.05) is 19.1 Å². The van der Waals surface area contributed by atoms with Gasteiger partial charge < -0.3 is 20.5 Å². The number of aliphatic hydroxyl groups excluding tert-OH is 1. The van der Waals surface area contributed by atoms with Gasteiger partial charge in [-0.15, -0.1) is 0 Å². The summed E-state index contributed by atoms with van der Waals surface area (Å²) in [5, 5.41) is 16.9. The monoisotopic (exact) mass is 384 g/mol. The minimum absolute atomic E-state index is 0.0648. The van der Waals surface area contributed by atoms with Crippen molar-refractivity contribution in [2.45, 2.75) is 39.8 Å². The standard InChI is InChI=1S/C22H32N4O2/c1-5-24-22(25-14-21(27)19-10-12-23-13-11-19)26-17(4)18-6-8-20(9-7-18)28-15-16(2)3/h6-13,16-17,21,27H,5,14-15H2,1-4H3,(H2,24,25,26). The molecule has 1 aromatic carbocycles. The van der Waals surface area contributed by atoms with E-state index in [-0.39, 0.29) is 12.6 Å². The van der Waals surface area contributed by atoms with Gasteiger partial charge >= 0.3 is 0 Å². The van der Waals surface area contributed by atoms with Crippen molar-refractivity contribution in [1.82, 2.24) is 15.6 Å². The molecule has 6 nitrogen and oxygen atoms in total. The summed E-state index contributed by atoms with van der Waals surface area (Å²) < 4.78 is 5.74. The number of rotatable bonds is 9.